The first kappa shape index (κ1) is 18.6. The van der Waals surface area contributed by atoms with Gasteiger partial charge in [0.15, 0.2) is 3.92 Å². The van der Waals surface area contributed by atoms with E-state index >= 15 is 0 Å². The molecule has 142 valence electrons. The fourth-order valence-electron chi connectivity index (χ4n) is 3.66. The molecule has 3 aromatic rings. The van der Waals surface area contributed by atoms with Crippen LogP contribution in [0.25, 0.3) is 10.9 Å². The molecule has 1 fully saturated rings. The van der Waals surface area contributed by atoms with Gasteiger partial charge in [-0.25, -0.2) is 9.37 Å². The van der Waals surface area contributed by atoms with Crippen molar-refractivity contribution in [3.8, 4) is 0 Å². The molecule has 0 unspecified atom stereocenters. The minimum absolute atomic E-state index is 0.283. The highest BCUT2D eigenvalue weighted by atomic mass is 79.9. The summed E-state index contributed by atoms with van der Waals surface area (Å²) in [5.74, 6) is -0.772. The summed E-state index contributed by atoms with van der Waals surface area (Å²) < 4.78 is 17.2. The summed E-state index contributed by atoms with van der Waals surface area (Å²) in [5.41, 5.74) is 0.957. The zero-order valence-electron chi connectivity index (χ0n) is 14.5. The lowest BCUT2D eigenvalue weighted by Gasteiger charge is -2.28. The summed E-state index contributed by atoms with van der Waals surface area (Å²) in [5, 5.41) is 13.3. The van der Waals surface area contributed by atoms with Crippen molar-refractivity contribution in [2.75, 3.05) is 0 Å². The average molecular weight is 452 g/mol. The Morgan fingerprint density at radius 3 is 2.96 bits per heavy atom. The molecule has 27 heavy (non-hydrogen) atoms. The van der Waals surface area contributed by atoms with Gasteiger partial charge in [0.25, 0.3) is 5.91 Å². The van der Waals surface area contributed by atoms with E-state index in [0.29, 0.717) is 29.4 Å². The lowest BCUT2D eigenvalue weighted by molar-refractivity contribution is 0.0718. The second-order valence-corrected chi connectivity index (χ2v) is 9.21. The SMILES string of the molecule is O=C(N[C@H]1CCCC[C@@H]1O)c1cn(Cc2cnc(Br)s2)c2cccc(F)c12. The molecule has 0 bridgehead atoms. The van der Waals surface area contributed by atoms with Crippen LogP contribution in [0.4, 0.5) is 4.39 Å². The van der Waals surface area contributed by atoms with Crippen molar-refractivity contribution in [3.05, 3.63) is 50.8 Å². The lowest BCUT2D eigenvalue weighted by atomic mass is 9.92. The number of nitrogens with one attached hydrogen (secondary N) is 1. The molecule has 2 heterocycles. The van der Waals surface area contributed by atoms with E-state index in [1.54, 1.807) is 24.5 Å². The zero-order valence-corrected chi connectivity index (χ0v) is 16.9. The third-order valence-corrected chi connectivity index (χ3v) is 6.46. The minimum atomic E-state index is -0.546. The molecule has 2 N–H and O–H groups in total. The topological polar surface area (TPSA) is 67.2 Å². The third-order valence-electron chi connectivity index (χ3n) is 5.00. The molecule has 8 heteroatoms. The van der Waals surface area contributed by atoms with Crippen molar-refractivity contribution in [3.63, 3.8) is 0 Å². The summed E-state index contributed by atoms with van der Waals surface area (Å²) in [6.07, 6.45) is 6.26. The van der Waals surface area contributed by atoms with Gasteiger partial charge in [-0.3, -0.25) is 4.79 Å². The Kier molecular flexibility index (Phi) is 5.29. The van der Waals surface area contributed by atoms with E-state index in [1.807, 2.05) is 4.57 Å². The molecule has 0 radical (unpaired) electrons. The largest absolute Gasteiger partial charge is 0.391 e. The Hall–Kier alpha value is -1.77. The maximum Gasteiger partial charge on any atom is 0.253 e. The Balaban J connectivity index is 1.68. The monoisotopic (exact) mass is 451 g/mol. The van der Waals surface area contributed by atoms with Gasteiger partial charge in [-0.15, -0.1) is 11.3 Å². The number of thiazole rings is 1. The van der Waals surface area contributed by atoms with Gasteiger partial charge in [-0.05, 0) is 40.9 Å². The van der Waals surface area contributed by atoms with Crippen LogP contribution in [-0.4, -0.2) is 32.7 Å². The van der Waals surface area contributed by atoms with Gasteiger partial charge in [0.2, 0.25) is 0 Å². The number of carbonyl (C=O) groups is 1. The van der Waals surface area contributed by atoms with E-state index in [4.69, 9.17) is 0 Å². The van der Waals surface area contributed by atoms with Gasteiger partial charge in [0.05, 0.1) is 29.8 Å². The number of aliphatic hydroxyl groups is 1. The van der Waals surface area contributed by atoms with Crippen molar-refractivity contribution >= 4 is 44.1 Å². The van der Waals surface area contributed by atoms with Crippen molar-refractivity contribution in [1.82, 2.24) is 14.9 Å². The maximum absolute atomic E-state index is 14.6. The van der Waals surface area contributed by atoms with Gasteiger partial charge >= 0.3 is 0 Å². The van der Waals surface area contributed by atoms with Crippen LogP contribution in [0.5, 0.6) is 0 Å². The summed E-state index contributed by atoms with van der Waals surface area (Å²) in [4.78, 5) is 18.1. The van der Waals surface area contributed by atoms with Crippen molar-refractivity contribution in [2.45, 2.75) is 44.4 Å². The third kappa shape index (κ3) is 3.79. The van der Waals surface area contributed by atoms with Crippen molar-refractivity contribution < 1.29 is 14.3 Å². The van der Waals surface area contributed by atoms with Crippen LogP contribution in [0.1, 0.15) is 40.9 Å². The van der Waals surface area contributed by atoms with E-state index in [1.165, 1.54) is 17.4 Å². The molecule has 1 saturated carbocycles. The predicted molar refractivity (Wildman–Crippen MR) is 107 cm³/mol. The maximum atomic E-state index is 14.6. The van der Waals surface area contributed by atoms with E-state index in [0.717, 1.165) is 28.1 Å². The predicted octanol–water partition coefficient (Wildman–Crippen LogP) is 4.08. The van der Waals surface area contributed by atoms with E-state index in [2.05, 4.69) is 26.2 Å². The van der Waals surface area contributed by atoms with Crippen LogP contribution in [0.2, 0.25) is 0 Å². The number of halogens is 2. The highest BCUT2D eigenvalue weighted by molar-refractivity contribution is 9.11. The molecule has 5 nitrogen and oxygen atoms in total. The summed E-state index contributed by atoms with van der Waals surface area (Å²) in [6, 6.07) is 4.53. The first-order valence-corrected chi connectivity index (χ1v) is 10.5. The molecular weight excluding hydrogens is 433 g/mol. The number of fused-ring (bicyclic) bond motifs is 1. The van der Waals surface area contributed by atoms with Gasteiger partial charge in [-0.1, -0.05) is 18.9 Å². The number of hydrogen-bond donors (Lipinski definition) is 2. The Labute approximate surface area is 168 Å². The summed E-state index contributed by atoms with van der Waals surface area (Å²) in [6.45, 7) is 0.503. The fourth-order valence-corrected chi connectivity index (χ4v) is 5.02. The lowest BCUT2D eigenvalue weighted by Crippen LogP contribution is -2.45. The smallest absolute Gasteiger partial charge is 0.253 e. The van der Waals surface area contributed by atoms with E-state index in [9.17, 15) is 14.3 Å². The first-order valence-electron chi connectivity index (χ1n) is 8.89. The fraction of sp³-hybridized carbons (Fsp3) is 0.368. The molecule has 1 amide bonds. The van der Waals surface area contributed by atoms with Crippen molar-refractivity contribution in [1.29, 1.82) is 0 Å². The Morgan fingerprint density at radius 1 is 1.41 bits per heavy atom. The molecule has 1 aliphatic rings. The molecule has 2 aromatic heterocycles. The van der Waals surface area contributed by atoms with Crippen LogP contribution in [0.15, 0.2) is 34.5 Å². The number of hydrogen-bond acceptors (Lipinski definition) is 4. The minimum Gasteiger partial charge on any atom is -0.391 e. The van der Waals surface area contributed by atoms with Gasteiger partial charge in [-0.2, -0.15) is 0 Å². The molecule has 0 saturated heterocycles. The molecule has 0 spiro atoms. The second kappa shape index (κ2) is 7.69. The molecule has 1 aliphatic carbocycles. The van der Waals surface area contributed by atoms with Crippen LogP contribution in [0.3, 0.4) is 0 Å². The molecule has 0 aliphatic heterocycles. The van der Waals surface area contributed by atoms with Crippen LogP contribution in [0, 0.1) is 5.82 Å². The normalized spacial score (nSPS) is 20.1. The first-order chi connectivity index (χ1) is 13.0. The highest BCUT2D eigenvalue weighted by Crippen LogP contribution is 2.28. The van der Waals surface area contributed by atoms with Crippen LogP contribution >= 0.6 is 27.3 Å². The number of rotatable bonds is 4. The quantitative estimate of drug-likeness (QED) is 0.627. The van der Waals surface area contributed by atoms with E-state index in [-0.39, 0.29) is 11.9 Å². The van der Waals surface area contributed by atoms with Crippen molar-refractivity contribution in [2.24, 2.45) is 0 Å². The molecule has 2 atom stereocenters. The van der Waals surface area contributed by atoms with E-state index < -0.39 is 11.9 Å². The summed E-state index contributed by atoms with van der Waals surface area (Å²) in [7, 11) is 0. The number of benzene rings is 1. The van der Waals surface area contributed by atoms with Gasteiger partial charge < -0.3 is 15.0 Å². The number of carbonyl (C=O) groups excluding carboxylic acids is 1. The average Bonchev–Trinajstić information content (AvgIpc) is 3.22. The Bertz CT molecular complexity index is 987. The number of aromatic nitrogens is 2. The van der Waals surface area contributed by atoms with Gasteiger partial charge in [0, 0.05) is 22.7 Å². The number of nitrogens with zero attached hydrogens (tertiary/aromatic N) is 2. The number of aliphatic hydroxyl groups excluding tert-OH is 1. The molecule has 1 aromatic carbocycles. The second-order valence-electron chi connectivity index (χ2n) is 6.82. The standard InChI is InChI=1S/C19H19BrFN3O2S/c20-19-22-8-11(27-19)9-24-10-12(17-13(21)4-3-6-15(17)24)18(26)23-14-5-1-2-7-16(14)25/h3-4,6,8,10,14,16,25H,1-2,5,7,9H2,(H,23,26)/t14-,16-/m0/s1. The summed E-state index contributed by atoms with van der Waals surface area (Å²) >= 11 is 4.85. The zero-order chi connectivity index (χ0) is 19.0. The number of amides is 1. The highest BCUT2D eigenvalue weighted by Gasteiger charge is 2.27. The molecule has 4 rings (SSSR count). The molecular formula is C19H19BrFN3O2S. The van der Waals surface area contributed by atoms with Crippen LogP contribution in [-0.2, 0) is 6.54 Å². The Morgan fingerprint density at radius 2 is 2.22 bits per heavy atom. The van der Waals surface area contributed by atoms with Crippen LogP contribution < -0.4 is 5.32 Å². The van der Waals surface area contributed by atoms with Gasteiger partial charge in [0.1, 0.15) is 5.82 Å².